The van der Waals surface area contributed by atoms with Crippen LogP contribution in [-0.4, -0.2) is 34.2 Å². The van der Waals surface area contributed by atoms with E-state index in [9.17, 15) is 13.6 Å². The van der Waals surface area contributed by atoms with Crippen LogP contribution in [0.3, 0.4) is 0 Å². The van der Waals surface area contributed by atoms with Crippen molar-refractivity contribution < 1.29 is 22.6 Å². The molecule has 0 saturated heterocycles. The van der Waals surface area contributed by atoms with Crippen molar-refractivity contribution in [3.8, 4) is 11.3 Å². The number of nitrogens with zero attached hydrogens (tertiary/aromatic N) is 4. The Morgan fingerprint density at radius 2 is 1.69 bits per heavy atom. The van der Waals surface area contributed by atoms with Crippen LogP contribution < -0.4 is 4.90 Å². The Hall–Kier alpha value is -3.10. The minimum absolute atomic E-state index is 0.0188. The van der Waals surface area contributed by atoms with E-state index in [1.807, 2.05) is 35.2 Å². The third-order valence-electron chi connectivity index (χ3n) is 11.1. The summed E-state index contributed by atoms with van der Waals surface area (Å²) >= 11 is 0. The summed E-state index contributed by atoms with van der Waals surface area (Å²) in [7, 11) is 0. The summed E-state index contributed by atoms with van der Waals surface area (Å²) in [5.41, 5.74) is 2.53. The first-order valence-corrected chi connectivity index (χ1v) is 15.9. The molecule has 9 heteroatoms. The Balaban J connectivity index is 1.03. The second-order valence-electron chi connectivity index (χ2n) is 14.1. The summed E-state index contributed by atoms with van der Waals surface area (Å²) < 4.78 is 37.7. The number of carbonyl (C=O) groups is 1. The lowest BCUT2D eigenvalue weighted by Gasteiger charge is -2.53. The Bertz CT molecular complexity index is 1440. The van der Waals surface area contributed by atoms with E-state index in [-0.39, 0.29) is 22.7 Å². The lowest BCUT2D eigenvalue weighted by atomic mass is 9.53. The highest BCUT2D eigenvalue weighted by atomic mass is 19.3. The number of hydrogen-bond donors (Lipinski definition) is 0. The highest BCUT2D eigenvalue weighted by Crippen LogP contribution is 2.58. The fourth-order valence-electron chi connectivity index (χ4n) is 7.77. The fraction of sp³-hybridized carbons (Fsp3) is 0.636. The van der Waals surface area contributed by atoms with Crippen LogP contribution in [0.2, 0.25) is 0 Å². The first kappa shape index (κ1) is 26.5. The largest absolute Gasteiger partial charge is 0.360 e. The quantitative estimate of drug-likeness (QED) is 0.245. The van der Waals surface area contributed by atoms with Gasteiger partial charge in [-0.05, 0) is 101 Å². The number of alkyl halides is 2. The molecule has 6 fully saturated rings. The van der Waals surface area contributed by atoms with Crippen LogP contribution in [0, 0.1) is 17.3 Å². The second kappa shape index (κ2) is 9.98. The van der Waals surface area contributed by atoms with E-state index in [0.717, 1.165) is 98.6 Å². The number of carbonyl (C=O) groups excluding carboxylic acids is 1. The maximum Gasteiger partial charge on any atom is 0.241 e. The summed E-state index contributed by atoms with van der Waals surface area (Å²) in [6, 6.07) is 10.0. The van der Waals surface area contributed by atoms with Gasteiger partial charge >= 0.3 is 0 Å². The van der Waals surface area contributed by atoms with Crippen LogP contribution >= 0.6 is 0 Å². The number of rotatable bonds is 10. The van der Waals surface area contributed by atoms with Gasteiger partial charge in [-0.3, -0.25) is 4.79 Å². The van der Waals surface area contributed by atoms with Crippen LogP contribution in [0.25, 0.3) is 11.3 Å². The lowest BCUT2D eigenvalue weighted by molar-refractivity contribution is -0.122. The van der Waals surface area contributed by atoms with Crippen molar-refractivity contribution >= 4 is 11.6 Å². The molecule has 2 heterocycles. The van der Waals surface area contributed by atoms with Gasteiger partial charge in [0.1, 0.15) is 11.5 Å². The smallest absolute Gasteiger partial charge is 0.241 e. The molecule has 7 nitrogen and oxygen atoms in total. The molecule has 9 rings (SSSR count). The van der Waals surface area contributed by atoms with E-state index in [0.29, 0.717) is 37.6 Å². The molecule has 42 heavy (non-hydrogen) atoms. The standard InChI is InChI=1S/C33H38F2N4O3/c34-29(35)24-14-20(15-24)16-28(40)39(25-3-1-2-23(17-25)26-18-27(41-37-26)21-4-5-21)19-32-8-11-33(12-9-32,13-10-32)31-36-30(38-42-31)22-6-7-22/h1-3,17-18,20-22,24,29H,4-16,19H2. The molecule has 3 aromatic rings. The molecular weight excluding hydrogens is 538 g/mol. The maximum atomic E-state index is 13.9. The van der Waals surface area contributed by atoms with Crippen molar-refractivity contribution in [2.75, 3.05) is 11.4 Å². The van der Waals surface area contributed by atoms with Crippen molar-refractivity contribution in [2.45, 2.75) is 107 Å². The van der Waals surface area contributed by atoms with Crippen LogP contribution in [0.5, 0.6) is 0 Å². The molecule has 6 aliphatic rings. The summed E-state index contributed by atoms with van der Waals surface area (Å²) in [4.78, 5) is 20.7. The van der Waals surface area contributed by atoms with Gasteiger partial charge in [-0.15, -0.1) is 0 Å². The molecule has 0 aliphatic heterocycles. The van der Waals surface area contributed by atoms with Gasteiger partial charge in [0, 0.05) is 53.5 Å². The van der Waals surface area contributed by atoms with Gasteiger partial charge in [-0.2, -0.15) is 4.98 Å². The third kappa shape index (κ3) is 4.86. The molecule has 1 amide bonds. The second-order valence-corrected chi connectivity index (χ2v) is 14.1. The number of halogens is 2. The van der Waals surface area contributed by atoms with Gasteiger partial charge in [0.25, 0.3) is 0 Å². The predicted molar refractivity (Wildman–Crippen MR) is 151 cm³/mol. The first-order valence-electron chi connectivity index (χ1n) is 15.9. The maximum absolute atomic E-state index is 13.9. The van der Waals surface area contributed by atoms with Gasteiger partial charge in [0.05, 0.1) is 0 Å². The molecule has 0 atom stereocenters. The summed E-state index contributed by atoms with van der Waals surface area (Å²) in [6.45, 7) is 0.639. The molecular formula is C33H38F2N4O3. The number of benzene rings is 1. The van der Waals surface area contributed by atoms with Crippen LogP contribution in [0.15, 0.2) is 39.4 Å². The van der Waals surface area contributed by atoms with Gasteiger partial charge < -0.3 is 13.9 Å². The third-order valence-corrected chi connectivity index (χ3v) is 11.1. The topological polar surface area (TPSA) is 85.3 Å². The number of amides is 1. The highest BCUT2D eigenvalue weighted by molar-refractivity contribution is 5.94. The lowest BCUT2D eigenvalue weighted by Crippen LogP contribution is -2.51. The van der Waals surface area contributed by atoms with Gasteiger partial charge in [0.2, 0.25) is 18.2 Å². The monoisotopic (exact) mass is 576 g/mol. The molecule has 2 aromatic heterocycles. The summed E-state index contributed by atoms with van der Waals surface area (Å²) in [6.07, 6.45) is 9.45. The normalized spacial score (nSPS) is 30.5. The van der Waals surface area contributed by atoms with Crippen LogP contribution in [0.1, 0.15) is 113 Å². The summed E-state index contributed by atoms with van der Waals surface area (Å²) in [5, 5.41) is 8.62. The van der Waals surface area contributed by atoms with Gasteiger partial charge in [-0.1, -0.05) is 22.4 Å². The van der Waals surface area contributed by atoms with Crippen molar-refractivity contribution in [3.63, 3.8) is 0 Å². The Labute approximate surface area is 244 Å². The molecule has 0 unspecified atom stereocenters. The zero-order valence-corrected chi connectivity index (χ0v) is 23.9. The minimum Gasteiger partial charge on any atom is -0.360 e. The van der Waals surface area contributed by atoms with Crippen molar-refractivity contribution in [1.29, 1.82) is 0 Å². The number of aromatic nitrogens is 3. The molecule has 0 spiro atoms. The van der Waals surface area contributed by atoms with Crippen LogP contribution in [-0.2, 0) is 10.2 Å². The zero-order valence-electron chi connectivity index (χ0n) is 23.9. The molecule has 6 saturated carbocycles. The Morgan fingerprint density at radius 3 is 2.38 bits per heavy atom. The fourth-order valence-corrected chi connectivity index (χ4v) is 7.77. The van der Waals surface area contributed by atoms with E-state index >= 15 is 0 Å². The minimum atomic E-state index is -2.30. The molecule has 0 radical (unpaired) electrons. The van der Waals surface area contributed by atoms with E-state index in [1.165, 1.54) is 0 Å². The molecule has 0 N–H and O–H groups in total. The average molecular weight is 577 g/mol. The van der Waals surface area contributed by atoms with Gasteiger partial charge in [0.15, 0.2) is 5.82 Å². The van der Waals surface area contributed by atoms with E-state index in [4.69, 9.17) is 14.0 Å². The molecule has 6 aliphatic carbocycles. The number of hydrogen-bond acceptors (Lipinski definition) is 6. The Kier molecular flexibility index (Phi) is 6.30. The van der Waals surface area contributed by atoms with E-state index in [1.54, 1.807) is 0 Å². The van der Waals surface area contributed by atoms with Gasteiger partial charge in [-0.25, -0.2) is 8.78 Å². The van der Waals surface area contributed by atoms with E-state index < -0.39 is 12.3 Å². The van der Waals surface area contributed by atoms with E-state index in [2.05, 4.69) is 10.3 Å². The molecule has 222 valence electrons. The molecule has 1 aromatic carbocycles. The average Bonchev–Trinajstić information content (AvgIpc) is 3.92. The number of anilines is 1. The zero-order chi connectivity index (χ0) is 28.5. The molecule has 2 bridgehead atoms. The summed E-state index contributed by atoms with van der Waals surface area (Å²) in [5.74, 6) is 3.06. The van der Waals surface area contributed by atoms with Crippen molar-refractivity contribution in [1.82, 2.24) is 15.3 Å². The van der Waals surface area contributed by atoms with Crippen molar-refractivity contribution in [2.24, 2.45) is 17.3 Å². The van der Waals surface area contributed by atoms with Crippen LogP contribution in [0.4, 0.5) is 14.5 Å². The highest BCUT2D eigenvalue weighted by Gasteiger charge is 2.53. The first-order chi connectivity index (χ1) is 20.4. The Morgan fingerprint density at radius 1 is 0.952 bits per heavy atom. The number of fused-ring (bicyclic) bond motifs is 3. The SMILES string of the molecule is O=C(CC1CC(C(F)F)C1)N(CC12CCC(c3nc(C4CC4)no3)(CC1)CC2)c1cccc(-c2cc(C3CC3)on2)c1. The predicted octanol–water partition coefficient (Wildman–Crippen LogP) is 7.79. The van der Waals surface area contributed by atoms with Crippen molar-refractivity contribution in [3.05, 3.63) is 47.8 Å².